The van der Waals surface area contributed by atoms with Crippen LogP contribution in [0.25, 0.3) is 0 Å². The second-order valence-electron chi connectivity index (χ2n) is 8.42. The first-order valence-electron chi connectivity index (χ1n) is 10.9. The van der Waals surface area contributed by atoms with E-state index >= 15 is 0 Å². The van der Waals surface area contributed by atoms with Gasteiger partial charge in [0.05, 0.1) is 26.3 Å². The maximum Gasteiger partial charge on any atom is 0.401 e. The topological polar surface area (TPSA) is 74.3 Å². The smallest absolute Gasteiger partial charge is 0.379 e. The molecule has 1 aromatic heterocycles. The zero-order chi connectivity index (χ0) is 23.3. The molecule has 1 unspecified atom stereocenters. The molecule has 0 saturated carbocycles. The van der Waals surface area contributed by atoms with Crippen LogP contribution in [0.1, 0.15) is 17.3 Å². The fourth-order valence-electron chi connectivity index (χ4n) is 4.56. The van der Waals surface area contributed by atoms with Crippen molar-refractivity contribution in [3.05, 3.63) is 45.7 Å². The molecule has 4 heterocycles. The first-order valence-corrected chi connectivity index (χ1v) is 11.6. The summed E-state index contributed by atoms with van der Waals surface area (Å²) in [5, 5.41) is 0.824. The molecule has 2 aromatic rings. The van der Waals surface area contributed by atoms with Crippen molar-refractivity contribution >= 4 is 46.9 Å². The number of nitrogens with zero attached hydrogens (tertiary/aromatic N) is 6. The van der Waals surface area contributed by atoms with E-state index in [9.17, 15) is 9.59 Å². The Morgan fingerprint density at radius 3 is 2.55 bits per heavy atom. The number of halogens is 2. The Hall–Kier alpha value is -2.46. The Morgan fingerprint density at radius 2 is 1.85 bits per heavy atom. The van der Waals surface area contributed by atoms with E-state index < -0.39 is 12.1 Å². The summed E-state index contributed by atoms with van der Waals surface area (Å²) < 4.78 is 9.39. The molecule has 0 N–H and O–H groups in total. The molecule has 1 atom stereocenters. The number of carbonyl (C=O) groups is 2. The van der Waals surface area contributed by atoms with Gasteiger partial charge in [0.25, 0.3) is 5.91 Å². The van der Waals surface area contributed by atoms with E-state index in [1.807, 2.05) is 17.7 Å². The van der Waals surface area contributed by atoms with Crippen LogP contribution >= 0.6 is 23.2 Å². The highest BCUT2D eigenvalue weighted by Crippen LogP contribution is 2.32. The molecule has 5 rings (SSSR count). The number of imide groups is 1. The number of hydrogen-bond donors (Lipinski definition) is 0. The van der Waals surface area contributed by atoms with Crippen LogP contribution in [-0.4, -0.2) is 76.9 Å². The fraction of sp³-hybridized carbons (Fsp3) is 0.455. The molecule has 174 valence electrons. The molecule has 0 radical (unpaired) electrons. The molecular formula is C22H25Cl2N6O3+. The number of rotatable bonds is 5. The van der Waals surface area contributed by atoms with Crippen LogP contribution in [0, 0.1) is 6.92 Å². The van der Waals surface area contributed by atoms with Gasteiger partial charge in [0.15, 0.2) is 0 Å². The van der Waals surface area contributed by atoms with E-state index in [0.717, 1.165) is 45.1 Å². The lowest BCUT2D eigenvalue weighted by molar-refractivity contribution is -0.677. The van der Waals surface area contributed by atoms with Gasteiger partial charge in [-0.05, 0) is 19.1 Å². The number of fused-ring (bicyclic) bond motifs is 3. The number of imidazole rings is 1. The number of amides is 3. The summed E-state index contributed by atoms with van der Waals surface area (Å²) in [5.41, 5.74) is 1.55. The van der Waals surface area contributed by atoms with Crippen molar-refractivity contribution in [1.82, 2.24) is 19.3 Å². The van der Waals surface area contributed by atoms with Crippen LogP contribution in [0.15, 0.2) is 29.4 Å². The van der Waals surface area contributed by atoms with Crippen LogP contribution in [0.3, 0.4) is 0 Å². The SMILES string of the molecule is Cc1c[n+]2c(n1CCN1CCOCC1)N=C1C2C(=O)N(Cc2c(Cl)cccc2Cl)C(=O)N1C. The molecule has 3 aliphatic heterocycles. The van der Waals surface area contributed by atoms with E-state index in [2.05, 4.69) is 9.47 Å². The second kappa shape index (κ2) is 8.72. The van der Waals surface area contributed by atoms with E-state index in [1.165, 1.54) is 9.80 Å². The van der Waals surface area contributed by atoms with Gasteiger partial charge in [0, 0.05) is 42.3 Å². The van der Waals surface area contributed by atoms with Gasteiger partial charge in [-0.3, -0.25) is 19.5 Å². The van der Waals surface area contributed by atoms with Crippen molar-refractivity contribution in [3.63, 3.8) is 0 Å². The monoisotopic (exact) mass is 491 g/mol. The van der Waals surface area contributed by atoms with Crippen LogP contribution in [-0.2, 0) is 22.6 Å². The van der Waals surface area contributed by atoms with Gasteiger partial charge >= 0.3 is 12.0 Å². The molecular weight excluding hydrogens is 467 g/mol. The van der Waals surface area contributed by atoms with Crippen molar-refractivity contribution in [2.45, 2.75) is 26.1 Å². The normalized spacial score (nSPS) is 20.8. The molecule has 3 aliphatic rings. The van der Waals surface area contributed by atoms with Gasteiger partial charge in [0.1, 0.15) is 11.9 Å². The number of benzene rings is 1. The summed E-state index contributed by atoms with van der Waals surface area (Å²) in [6.45, 7) is 6.90. The maximum absolute atomic E-state index is 13.5. The molecule has 9 nitrogen and oxygen atoms in total. The fourth-order valence-corrected chi connectivity index (χ4v) is 5.08. The van der Waals surface area contributed by atoms with Crippen molar-refractivity contribution < 1.29 is 18.9 Å². The molecule has 0 aliphatic carbocycles. The molecule has 0 spiro atoms. The number of likely N-dealkylation sites (N-methyl/N-ethyl adjacent to an activating group) is 1. The summed E-state index contributed by atoms with van der Waals surface area (Å²) in [5.74, 6) is 0.759. The summed E-state index contributed by atoms with van der Waals surface area (Å²) in [6.07, 6.45) is 1.93. The highest BCUT2D eigenvalue weighted by atomic mass is 35.5. The van der Waals surface area contributed by atoms with E-state index in [0.29, 0.717) is 27.4 Å². The van der Waals surface area contributed by atoms with Crippen LogP contribution in [0.5, 0.6) is 0 Å². The van der Waals surface area contributed by atoms with Crippen LogP contribution in [0.4, 0.5) is 10.7 Å². The molecule has 3 amide bonds. The van der Waals surface area contributed by atoms with Gasteiger partial charge < -0.3 is 4.74 Å². The third-order valence-electron chi connectivity index (χ3n) is 6.44. The van der Waals surface area contributed by atoms with Crippen molar-refractivity contribution in [3.8, 4) is 0 Å². The lowest BCUT2D eigenvalue weighted by Crippen LogP contribution is -2.62. The van der Waals surface area contributed by atoms with Gasteiger partial charge in [-0.25, -0.2) is 13.9 Å². The van der Waals surface area contributed by atoms with E-state index in [1.54, 1.807) is 25.2 Å². The molecule has 2 saturated heterocycles. The Kier molecular flexibility index (Phi) is 5.90. The van der Waals surface area contributed by atoms with Gasteiger partial charge in [-0.2, -0.15) is 0 Å². The molecule has 11 heteroatoms. The minimum Gasteiger partial charge on any atom is -0.379 e. The number of morpholine rings is 1. The highest BCUT2D eigenvalue weighted by Gasteiger charge is 2.53. The Labute approximate surface area is 201 Å². The number of aliphatic imine (C=N–C) groups is 1. The number of carbonyl (C=O) groups excluding carboxylic acids is 2. The summed E-state index contributed by atoms with van der Waals surface area (Å²) in [6, 6.07) is 3.96. The summed E-state index contributed by atoms with van der Waals surface area (Å²) in [7, 11) is 1.64. The Balaban J connectivity index is 1.43. The van der Waals surface area contributed by atoms with Crippen molar-refractivity contribution in [2.24, 2.45) is 4.99 Å². The van der Waals surface area contributed by atoms with E-state index in [-0.39, 0.29) is 12.5 Å². The molecule has 0 bridgehead atoms. The molecule has 2 fully saturated rings. The zero-order valence-corrected chi connectivity index (χ0v) is 20.0. The lowest BCUT2D eigenvalue weighted by Gasteiger charge is -2.33. The van der Waals surface area contributed by atoms with Crippen LogP contribution in [0.2, 0.25) is 10.0 Å². The van der Waals surface area contributed by atoms with Crippen molar-refractivity contribution in [1.29, 1.82) is 0 Å². The first kappa shape index (κ1) is 22.3. The average molecular weight is 492 g/mol. The predicted molar refractivity (Wildman–Crippen MR) is 123 cm³/mol. The number of hydrogen-bond acceptors (Lipinski definition) is 5. The number of aromatic nitrogens is 2. The average Bonchev–Trinajstić information content (AvgIpc) is 3.31. The lowest BCUT2D eigenvalue weighted by atomic mass is 10.1. The number of amidine groups is 1. The third-order valence-corrected chi connectivity index (χ3v) is 7.15. The van der Waals surface area contributed by atoms with Gasteiger partial charge in [-0.1, -0.05) is 34.3 Å². The third kappa shape index (κ3) is 3.82. The van der Waals surface area contributed by atoms with E-state index in [4.69, 9.17) is 32.9 Å². The Morgan fingerprint density at radius 1 is 1.15 bits per heavy atom. The second-order valence-corrected chi connectivity index (χ2v) is 9.24. The minimum absolute atomic E-state index is 0.00307. The Bertz CT molecular complexity index is 1140. The van der Waals surface area contributed by atoms with Gasteiger partial charge in [0.2, 0.25) is 11.9 Å². The maximum atomic E-state index is 13.5. The summed E-state index contributed by atoms with van der Waals surface area (Å²) in [4.78, 5) is 36.3. The summed E-state index contributed by atoms with van der Waals surface area (Å²) >= 11 is 12.6. The van der Waals surface area contributed by atoms with Crippen LogP contribution < -0.4 is 4.57 Å². The molecule has 33 heavy (non-hydrogen) atoms. The highest BCUT2D eigenvalue weighted by molar-refractivity contribution is 6.36. The van der Waals surface area contributed by atoms with Gasteiger partial charge in [-0.15, -0.1) is 0 Å². The van der Waals surface area contributed by atoms with Crippen molar-refractivity contribution in [2.75, 3.05) is 39.9 Å². The largest absolute Gasteiger partial charge is 0.401 e. The minimum atomic E-state index is -0.702. The first-order chi connectivity index (χ1) is 15.9. The molecule has 1 aromatic carbocycles. The number of ether oxygens (including phenoxy) is 1. The quantitative estimate of drug-likeness (QED) is 0.601. The number of aryl methyl sites for hydroxylation is 1. The standard InChI is InChI=1S/C22H25Cl2N6O3/c1-14-12-29-18-19(25-21(29)28(14)7-6-27-8-10-33-11-9-27)26(2)22(32)30(20(18)31)13-15-16(23)4-3-5-17(15)24/h3-5,12,18H,6-11,13H2,1-2H3/q+1. The number of urea groups is 1. The zero-order valence-electron chi connectivity index (χ0n) is 18.5. The predicted octanol–water partition coefficient (Wildman–Crippen LogP) is 2.40.